The summed E-state index contributed by atoms with van der Waals surface area (Å²) in [4.78, 5) is 25.2. The summed E-state index contributed by atoms with van der Waals surface area (Å²) in [5, 5.41) is 10.5. The summed E-state index contributed by atoms with van der Waals surface area (Å²) in [5.41, 5.74) is 2.09. The second kappa shape index (κ2) is 8.08. The smallest absolute Gasteiger partial charge is 0.251 e. The molecule has 4 rings (SSSR count). The van der Waals surface area contributed by atoms with Crippen LogP contribution in [0.4, 0.5) is 11.5 Å². The van der Waals surface area contributed by atoms with E-state index in [0.717, 1.165) is 11.1 Å². The van der Waals surface area contributed by atoms with Crippen molar-refractivity contribution >= 4 is 34.9 Å². The van der Waals surface area contributed by atoms with E-state index in [1.54, 1.807) is 36.5 Å². The number of aromatic nitrogens is 2. The minimum absolute atomic E-state index is 0.0824. The van der Waals surface area contributed by atoms with Gasteiger partial charge < -0.3 is 20.1 Å². The van der Waals surface area contributed by atoms with Gasteiger partial charge in [0.2, 0.25) is 5.91 Å². The number of hydrogen-bond acceptors (Lipinski definition) is 5. The Morgan fingerprint density at radius 2 is 1.97 bits per heavy atom. The van der Waals surface area contributed by atoms with Crippen molar-refractivity contribution in [2.45, 2.75) is 12.5 Å². The molecular weight excluding hydrogens is 408 g/mol. The number of methoxy groups -OCH3 is 2. The van der Waals surface area contributed by atoms with Crippen LogP contribution in [0.25, 0.3) is 11.1 Å². The first kappa shape index (κ1) is 19.8. The molecule has 9 heteroatoms. The van der Waals surface area contributed by atoms with E-state index in [9.17, 15) is 9.59 Å². The number of benzene rings is 2. The molecule has 1 unspecified atom stereocenters. The third kappa shape index (κ3) is 3.69. The second-order valence-corrected chi connectivity index (χ2v) is 7.12. The maximum atomic E-state index is 12.7. The van der Waals surface area contributed by atoms with E-state index in [4.69, 9.17) is 21.1 Å². The van der Waals surface area contributed by atoms with Crippen LogP contribution in [0, 0.1) is 0 Å². The molecule has 2 aromatic carbocycles. The molecule has 2 N–H and O–H groups in total. The van der Waals surface area contributed by atoms with E-state index in [0.29, 0.717) is 28.0 Å². The van der Waals surface area contributed by atoms with Gasteiger partial charge >= 0.3 is 0 Å². The van der Waals surface area contributed by atoms with E-state index in [-0.39, 0.29) is 18.2 Å². The summed E-state index contributed by atoms with van der Waals surface area (Å²) in [7, 11) is 3.05. The predicted molar refractivity (Wildman–Crippen MR) is 113 cm³/mol. The number of carbonyl (C=O) groups is 2. The lowest BCUT2D eigenvalue weighted by molar-refractivity contribution is -0.123. The molecule has 30 heavy (non-hydrogen) atoms. The minimum Gasteiger partial charge on any atom is -0.497 e. The van der Waals surface area contributed by atoms with Crippen molar-refractivity contribution < 1.29 is 19.1 Å². The lowest BCUT2D eigenvalue weighted by Gasteiger charge is -2.13. The number of nitrogens with zero attached hydrogens (tertiary/aromatic N) is 2. The Morgan fingerprint density at radius 1 is 1.20 bits per heavy atom. The molecule has 0 saturated heterocycles. The Balaban J connectivity index is 1.54. The number of ether oxygens (including phenoxy) is 2. The van der Waals surface area contributed by atoms with Crippen LogP contribution in [0.5, 0.6) is 11.5 Å². The third-order valence-corrected chi connectivity index (χ3v) is 5.10. The maximum absolute atomic E-state index is 12.7. The molecule has 0 bridgehead atoms. The predicted octanol–water partition coefficient (Wildman–Crippen LogP) is 3.74. The van der Waals surface area contributed by atoms with E-state index in [1.807, 2.05) is 12.1 Å². The van der Waals surface area contributed by atoms with Crippen LogP contribution in [0.2, 0.25) is 5.02 Å². The summed E-state index contributed by atoms with van der Waals surface area (Å²) >= 11 is 5.95. The van der Waals surface area contributed by atoms with Gasteiger partial charge in [-0.25, -0.2) is 4.68 Å². The van der Waals surface area contributed by atoms with Crippen molar-refractivity contribution in [3.8, 4) is 22.6 Å². The van der Waals surface area contributed by atoms with E-state index < -0.39 is 6.04 Å². The number of hydrogen-bond donors (Lipinski definition) is 2. The molecule has 0 aliphatic carbocycles. The molecule has 1 aliphatic rings. The van der Waals surface area contributed by atoms with Crippen LogP contribution in [0.15, 0.2) is 48.7 Å². The van der Waals surface area contributed by atoms with Crippen molar-refractivity contribution in [2.24, 2.45) is 0 Å². The molecule has 154 valence electrons. The summed E-state index contributed by atoms with van der Waals surface area (Å²) in [6.45, 7) is 0. The number of amides is 2. The van der Waals surface area contributed by atoms with Crippen LogP contribution in [-0.4, -0.2) is 35.8 Å². The summed E-state index contributed by atoms with van der Waals surface area (Å²) in [6.07, 6.45) is 1.58. The SMILES string of the molecule is COc1ccc(OC)c(NC(=O)CC2C(=O)Nc3c(-c4ccc(Cl)cc4)cnn32)c1. The standard InChI is InChI=1S/C21H19ClN4O4/c1-29-14-7-8-18(30-2)16(9-14)24-19(27)10-17-21(28)25-20-15(11-23-26(17)20)12-3-5-13(22)6-4-12/h3-9,11,17H,10H2,1-2H3,(H,24,27)(H,25,28). The second-order valence-electron chi connectivity index (χ2n) is 6.68. The monoisotopic (exact) mass is 426 g/mol. The van der Waals surface area contributed by atoms with E-state index >= 15 is 0 Å². The lowest BCUT2D eigenvalue weighted by atomic mass is 10.1. The fraction of sp³-hybridized carbons (Fsp3) is 0.190. The molecular formula is C21H19ClN4O4. The molecule has 1 aromatic heterocycles. The molecule has 0 fully saturated rings. The average Bonchev–Trinajstić information content (AvgIpc) is 3.28. The first-order chi connectivity index (χ1) is 14.5. The number of anilines is 2. The normalized spacial score (nSPS) is 14.8. The van der Waals surface area contributed by atoms with Gasteiger partial charge in [-0.2, -0.15) is 5.10 Å². The summed E-state index contributed by atoms with van der Waals surface area (Å²) in [5.74, 6) is 0.981. The Labute approximate surface area is 177 Å². The lowest BCUT2D eigenvalue weighted by Crippen LogP contribution is -2.23. The minimum atomic E-state index is -0.752. The Hall–Kier alpha value is -3.52. The molecule has 3 aromatic rings. The highest BCUT2D eigenvalue weighted by Crippen LogP contribution is 2.36. The van der Waals surface area contributed by atoms with Gasteiger partial charge in [-0.3, -0.25) is 9.59 Å². The number of nitrogens with one attached hydrogen (secondary N) is 2. The quantitative estimate of drug-likeness (QED) is 0.626. The van der Waals surface area contributed by atoms with Crippen LogP contribution in [0.3, 0.4) is 0 Å². The molecule has 8 nitrogen and oxygen atoms in total. The molecule has 1 aliphatic heterocycles. The highest BCUT2D eigenvalue weighted by Gasteiger charge is 2.35. The van der Waals surface area contributed by atoms with Crippen LogP contribution in [-0.2, 0) is 9.59 Å². The zero-order chi connectivity index (χ0) is 21.3. The van der Waals surface area contributed by atoms with Crippen molar-refractivity contribution in [1.82, 2.24) is 9.78 Å². The van der Waals surface area contributed by atoms with Crippen molar-refractivity contribution in [3.05, 3.63) is 53.7 Å². The molecule has 0 radical (unpaired) electrons. The van der Waals surface area contributed by atoms with Gasteiger partial charge in [0, 0.05) is 16.7 Å². The number of halogens is 1. The highest BCUT2D eigenvalue weighted by molar-refractivity contribution is 6.30. The number of rotatable bonds is 6. The molecule has 0 saturated carbocycles. The highest BCUT2D eigenvalue weighted by atomic mass is 35.5. The molecule has 2 amide bonds. The first-order valence-corrected chi connectivity index (χ1v) is 9.54. The maximum Gasteiger partial charge on any atom is 0.251 e. The summed E-state index contributed by atoms with van der Waals surface area (Å²) < 4.78 is 12.0. The third-order valence-electron chi connectivity index (χ3n) is 4.85. The van der Waals surface area contributed by atoms with Gasteiger partial charge in [0.25, 0.3) is 5.91 Å². The van der Waals surface area contributed by atoms with Gasteiger partial charge in [0.1, 0.15) is 23.4 Å². The van der Waals surface area contributed by atoms with Crippen molar-refractivity contribution in [3.63, 3.8) is 0 Å². The van der Waals surface area contributed by atoms with Crippen LogP contribution < -0.4 is 20.1 Å². The topological polar surface area (TPSA) is 94.5 Å². The zero-order valence-electron chi connectivity index (χ0n) is 16.3. The van der Waals surface area contributed by atoms with Gasteiger partial charge in [-0.05, 0) is 29.8 Å². The zero-order valence-corrected chi connectivity index (χ0v) is 17.1. The van der Waals surface area contributed by atoms with E-state index in [1.165, 1.54) is 18.9 Å². The fourth-order valence-electron chi connectivity index (χ4n) is 3.34. The fourth-order valence-corrected chi connectivity index (χ4v) is 3.47. The van der Waals surface area contributed by atoms with Gasteiger partial charge in [0.05, 0.1) is 32.5 Å². The van der Waals surface area contributed by atoms with Crippen molar-refractivity contribution in [2.75, 3.05) is 24.9 Å². The Kier molecular flexibility index (Phi) is 5.33. The Bertz CT molecular complexity index is 1110. The average molecular weight is 427 g/mol. The molecule has 2 heterocycles. The molecule has 1 atom stereocenters. The number of carbonyl (C=O) groups excluding carboxylic acids is 2. The van der Waals surface area contributed by atoms with Gasteiger partial charge in [-0.15, -0.1) is 0 Å². The molecule has 0 spiro atoms. The summed E-state index contributed by atoms with van der Waals surface area (Å²) in [6, 6.07) is 11.6. The number of fused-ring (bicyclic) bond motifs is 1. The van der Waals surface area contributed by atoms with Gasteiger partial charge in [0.15, 0.2) is 0 Å². The van der Waals surface area contributed by atoms with Crippen molar-refractivity contribution in [1.29, 1.82) is 0 Å². The van der Waals surface area contributed by atoms with Crippen LogP contribution in [0.1, 0.15) is 12.5 Å². The first-order valence-electron chi connectivity index (χ1n) is 9.16. The van der Waals surface area contributed by atoms with Gasteiger partial charge in [-0.1, -0.05) is 23.7 Å². The van der Waals surface area contributed by atoms with E-state index in [2.05, 4.69) is 15.7 Å². The largest absolute Gasteiger partial charge is 0.497 e. The Morgan fingerprint density at radius 3 is 2.67 bits per heavy atom. The van der Waals surface area contributed by atoms with Crippen LogP contribution >= 0.6 is 11.6 Å².